The van der Waals surface area contributed by atoms with Crippen LogP contribution >= 0.6 is 0 Å². The molecule has 148 valence electrons. The monoisotopic (exact) mass is 386 g/mol. The van der Waals surface area contributed by atoms with E-state index in [-0.39, 0.29) is 5.91 Å². The maximum Gasteiger partial charge on any atom is 0.255 e. The second-order valence-electron chi connectivity index (χ2n) is 7.67. The third-order valence-electron chi connectivity index (χ3n) is 5.54. The number of aromatic nitrogens is 1. The first-order valence-corrected chi connectivity index (χ1v) is 9.93. The van der Waals surface area contributed by atoms with Crippen molar-refractivity contribution in [2.24, 2.45) is 0 Å². The predicted molar refractivity (Wildman–Crippen MR) is 118 cm³/mol. The maximum atomic E-state index is 12.6. The van der Waals surface area contributed by atoms with Gasteiger partial charge < -0.3 is 15.1 Å². The number of hydrogen-bond acceptors (Lipinski definition) is 4. The number of likely N-dealkylation sites (N-methyl/N-ethyl adjacent to an activating group) is 1. The number of nitrogens with zero attached hydrogens (tertiary/aromatic N) is 3. The van der Waals surface area contributed by atoms with Gasteiger partial charge in [0, 0.05) is 48.5 Å². The Morgan fingerprint density at radius 3 is 2.24 bits per heavy atom. The Bertz CT molecular complexity index is 952. The molecule has 0 saturated carbocycles. The van der Waals surface area contributed by atoms with Gasteiger partial charge in [-0.1, -0.05) is 12.1 Å². The molecule has 3 aromatic rings. The molecule has 0 spiro atoms. The summed E-state index contributed by atoms with van der Waals surface area (Å²) in [6.45, 7) is 2.11. The Kier molecular flexibility index (Phi) is 5.58. The predicted octanol–water partition coefficient (Wildman–Crippen LogP) is 4.14. The first kappa shape index (κ1) is 19.2. The van der Waals surface area contributed by atoms with Crippen molar-refractivity contribution in [2.75, 3.05) is 37.4 Å². The summed E-state index contributed by atoms with van der Waals surface area (Å²) in [7, 11) is 4.27. The summed E-state index contributed by atoms with van der Waals surface area (Å²) in [5, 5.41) is 2.99. The van der Waals surface area contributed by atoms with Crippen LogP contribution in [0.2, 0.25) is 0 Å². The van der Waals surface area contributed by atoms with Crippen molar-refractivity contribution < 1.29 is 4.79 Å². The zero-order valence-corrected chi connectivity index (χ0v) is 16.9. The Morgan fingerprint density at radius 1 is 0.966 bits per heavy atom. The molecule has 1 saturated heterocycles. The number of hydrogen-bond donors (Lipinski definition) is 1. The minimum absolute atomic E-state index is 0.104. The molecule has 1 fully saturated rings. The molecular formula is C24H26N4O. The van der Waals surface area contributed by atoms with Crippen LogP contribution in [-0.2, 0) is 0 Å². The molecular weight excluding hydrogens is 360 g/mol. The van der Waals surface area contributed by atoms with Crippen molar-refractivity contribution in [2.45, 2.75) is 12.5 Å². The first-order chi connectivity index (χ1) is 14.1. The first-order valence-electron chi connectivity index (χ1n) is 9.93. The van der Waals surface area contributed by atoms with Gasteiger partial charge in [0.15, 0.2) is 0 Å². The van der Waals surface area contributed by atoms with E-state index in [4.69, 9.17) is 0 Å². The van der Waals surface area contributed by atoms with Crippen LogP contribution in [-0.4, -0.2) is 49.0 Å². The number of pyridine rings is 1. The largest absolute Gasteiger partial charge is 0.370 e. The molecule has 0 radical (unpaired) electrons. The zero-order valence-electron chi connectivity index (χ0n) is 16.9. The van der Waals surface area contributed by atoms with E-state index < -0.39 is 0 Å². The molecule has 29 heavy (non-hydrogen) atoms. The topological polar surface area (TPSA) is 48.5 Å². The molecule has 4 rings (SSSR count). The maximum absolute atomic E-state index is 12.6. The van der Waals surface area contributed by atoms with E-state index in [1.165, 1.54) is 12.1 Å². The van der Waals surface area contributed by atoms with E-state index in [0.717, 1.165) is 29.9 Å². The molecule has 2 aromatic carbocycles. The third kappa shape index (κ3) is 4.46. The van der Waals surface area contributed by atoms with Crippen LogP contribution < -0.4 is 10.2 Å². The van der Waals surface area contributed by atoms with Crippen LogP contribution in [0.1, 0.15) is 16.8 Å². The van der Waals surface area contributed by atoms with E-state index in [1.54, 1.807) is 12.4 Å². The fraction of sp³-hybridized carbons (Fsp3) is 0.250. The molecule has 1 aromatic heterocycles. The summed E-state index contributed by atoms with van der Waals surface area (Å²) in [5.41, 5.74) is 4.80. The zero-order chi connectivity index (χ0) is 20.2. The van der Waals surface area contributed by atoms with Gasteiger partial charge in [-0.05, 0) is 80.2 Å². The molecule has 1 N–H and O–H groups in total. The van der Waals surface area contributed by atoms with Crippen LogP contribution in [0.25, 0.3) is 11.1 Å². The number of rotatable bonds is 5. The van der Waals surface area contributed by atoms with Gasteiger partial charge in [0.25, 0.3) is 5.91 Å². The number of carbonyl (C=O) groups is 1. The highest BCUT2D eigenvalue weighted by Gasteiger charge is 2.23. The Morgan fingerprint density at radius 2 is 1.62 bits per heavy atom. The van der Waals surface area contributed by atoms with E-state index >= 15 is 0 Å². The van der Waals surface area contributed by atoms with Crippen molar-refractivity contribution in [3.63, 3.8) is 0 Å². The SMILES string of the molecule is CN(C)C1CCN(c2ccc(NC(=O)c3ccc(-c4ccncc4)cc3)cc2)C1. The van der Waals surface area contributed by atoms with Gasteiger partial charge in [0.2, 0.25) is 0 Å². The molecule has 1 atom stereocenters. The number of carbonyl (C=O) groups excluding carboxylic acids is 1. The molecule has 5 heteroatoms. The lowest BCUT2D eigenvalue weighted by Gasteiger charge is -2.22. The van der Waals surface area contributed by atoms with Gasteiger partial charge in [-0.15, -0.1) is 0 Å². The lowest BCUT2D eigenvalue weighted by molar-refractivity contribution is 0.102. The summed E-state index contributed by atoms with van der Waals surface area (Å²) in [4.78, 5) is 21.3. The van der Waals surface area contributed by atoms with E-state index in [0.29, 0.717) is 11.6 Å². The highest BCUT2D eigenvalue weighted by molar-refractivity contribution is 6.04. The summed E-state index contributed by atoms with van der Waals surface area (Å²) < 4.78 is 0. The third-order valence-corrected chi connectivity index (χ3v) is 5.54. The van der Waals surface area contributed by atoms with Crippen LogP contribution in [0.4, 0.5) is 11.4 Å². The molecule has 5 nitrogen and oxygen atoms in total. The smallest absolute Gasteiger partial charge is 0.255 e. The fourth-order valence-corrected chi connectivity index (χ4v) is 3.72. The van der Waals surface area contributed by atoms with Crippen LogP contribution in [0.15, 0.2) is 73.1 Å². The summed E-state index contributed by atoms with van der Waals surface area (Å²) in [6.07, 6.45) is 4.71. The van der Waals surface area contributed by atoms with Gasteiger partial charge in [0.1, 0.15) is 0 Å². The molecule has 1 amide bonds. The molecule has 2 heterocycles. The van der Waals surface area contributed by atoms with E-state index in [1.807, 2.05) is 48.5 Å². The number of nitrogens with one attached hydrogen (secondary N) is 1. The highest BCUT2D eigenvalue weighted by atomic mass is 16.1. The molecule has 1 aliphatic heterocycles. The lowest BCUT2D eigenvalue weighted by atomic mass is 10.0. The number of amides is 1. The summed E-state index contributed by atoms with van der Waals surface area (Å²) >= 11 is 0. The summed E-state index contributed by atoms with van der Waals surface area (Å²) in [6, 6.07) is 20.3. The van der Waals surface area contributed by atoms with Crippen molar-refractivity contribution in [1.82, 2.24) is 9.88 Å². The van der Waals surface area contributed by atoms with Gasteiger partial charge in [-0.3, -0.25) is 9.78 Å². The summed E-state index contributed by atoms with van der Waals surface area (Å²) in [5.74, 6) is -0.104. The van der Waals surface area contributed by atoms with Gasteiger partial charge >= 0.3 is 0 Å². The van der Waals surface area contributed by atoms with Crippen LogP contribution in [0.3, 0.4) is 0 Å². The molecule has 1 aliphatic rings. The molecule has 0 bridgehead atoms. The Hall–Kier alpha value is -3.18. The Balaban J connectivity index is 1.38. The van der Waals surface area contributed by atoms with Crippen molar-refractivity contribution in [3.8, 4) is 11.1 Å². The quantitative estimate of drug-likeness (QED) is 0.716. The van der Waals surface area contributed by atoms with Gasteiger partial charge in [-0.2, -0.15) is 0 Å². The van der Waals surface area contributed by atoms with Crippen molar-refractivity contribution in [1.29, 1.82) is 0 Å². The van der Waals surface area contributed by atoms with Crippen LogP contribution in [0, 0.1) is 0 Å². The van der Waals surface area contributed by atoms with E-state index in [9.17, 15) is 4.79 Å². The second kappa shape index (κ2) is 8.45. The lowest BCUT2D eigenvalue weighted by Crippen LogP contribution is -2.31. The number of anilines is 2. The van der Waals surface area contributed by atoms with Gasteiger partial charge in [-0.25, -0.2) is 0 Å². The standard InChI is InChI=1S/C24H26N4O/c1-27(2)23-13-16-28(17-23)22-9-7-21(8-10-22)26-24(29)20-5-3-18(4-6-20)19-11-14-25-15-12-19/h3-12,14-15,23H,13,16-17H2,1-2H3,(H,26,29). The second-order valence-corrected chi connectivity index (χ2v) is 7.67. The van der Waals surface area contributed by atoms with Gasteiger partial charge in [0.05, 0.1) is 0 Å². The molecule has 0 aliphatic carbocycles. The minimum atomic E-state index is -0.104. The average Bonchev–Trinajstić information content (AvgIpc) is 3.26. The average molecular weight is 386 g/mol. The highest BCUT2D eigenvalue weighted by Crippen LogP contribution is 2.24. The normalized spacial score (nSPS) is 16.2. The molecule has 1 unspecified atom stereocenters. The van der Waals surface area contributed by atoms with E-state index in [2.05, 4.69) is 46.3 Å². The van der Waals surface area contributed by atoms with Crippen molar-refractivity contribution >= 4 is 17.3 Å². The number of benzene rings is 2. The Labute approximate surface area is 172 Å². The fourth-order valence-electron chi connectivity index (χ4n) is 3.72. The minimum Gasteiger partial charge on any atom is -0.370 e. The van der Waals surface area contributed by atoms with Crippen molar-refractivity contribution in [3.05, 3.63) is 78.6 Å². The van der Waals surface area contributed by atoms with Crippen LogP contribution in [0.5, 0.6) is 0 Å².